The molecule has 2 aromatic rings. The monoisotopic (exact) mass is 217 g/mol. The normalized spacial score (nSPS) is 9.87. The molecule has 0 unspecified atom stereocenters. The number of nitriles is 1. The second-order valence-electron chi connectivity index (χ2n) is 3.01. The number of pyridine rings is 1. The molecule has 0 aliphatic heterocycles. The van der Waals surface area contributed by atoms with Crippen molar-refractivity contribution >= 4 is 11.3 Å². The van der Waals surface area contributed by atoms with Crippen molar-refractivity contribution in [3.8, 4) is 16.6 Å². The Morgan fingerprint density at radius 2 is 2.40 bits per heavy atom. The lowest BCUT2D eigenvalue weighted by molar-refractivity contribution is 0.859. The highest BCUT2D eigenvalue weighted by molar-refractivity contribution is 7.13. The first-order valence-corrected chi connectivity index (χ1v) is 5.11. The highest BCUT2D eigenvalue weighted by Crippen LogP contribution is 2.18. The Labute approximate surface area is 90.1 Å². The van der Waals surface area contributed by atoms with Crippen LogP contribution in [0, 0.1) is 11.3 Å². The smallest absolute Gasteiger partial charge is 0.260 e. The average Bonchev–Trinajstić information content (AvgIpc) is 2.75. The third-order valence-electron chi connectivity index (χ3n) is 1.98. The van der Waals surface area contributed by atoms with E-state index in [1.807, 2.05) is 6.07 Å². The fraction of sp³-hybridized carbons (Fsp3) is 0.100. The first-order valence-electron chi connectivity index (χ1n) is 4.23. The molecule has 0 aromatic carbocycles. The highest BCUT2D eigenvalue weighted by atomic mass is 32.1. The predicted molar refractivity (Wildman–Crippen MR) is 57.5 cm³/mol. The van der Waals surface area contributed by atoms with Gasteiger partial charge in [0, 0.05) is 24.8 Å². The van der Waals surface area contributed by atoms with E-state index in [1.165, 1.54) is 22.1 Å². The molecule has 0 saturated carbocycles. The number of hydrogen-bond acceptors (Lipinski definition) is 4. The van der Waals surface area contributed by atoms with E-state index < -0.39 is 0 Å². The van der Waals surface area contributed by atoms with E-state index in [9.17, 15) is 4.79 Å². The first-order chi connectivity index (χ1) is 7.22. The van der Waals surface area contributed by atoms with Crippen molar-refractivity contribution in [1.29, 1.82) is 5.26 Å². The van der Waals surface area contributed by atoms with Crippen LogP contribution in [0.15, 0.2) is 28.6 Å². The van der Waals surface area contributed by atoms with Gasteiger partial charge in [0.05, 0.1) is 11.1 Å². The van der Waals surface area contributed by atoms with Crippen LogP contribution >= 0.6 is 11.3 Å². The summed E-state index contributed by atoms with van der Waals surface area (Å²) < 4.78 is 1.40. The van der Waals surface area contributed by atoms with Gasteiger partial charge in [0.15, 0.2) is 0 Å². The van der Waals surface area contributed by atoms with Crippen molar-refractivity contribution < 1.29 is 0 Å². The quantitative estimate of drug-likeness (QED) is 0.725. The molecule has 0 atom stereocenters. The Morgan fingerprint density at radius 3 is 3.00 bits per heavy atom. The molecule has 4 nitrogen and oxygen atoms in total. The molecule has 5 heteroatoms. The topological polar surface area (TPSA) is 58.7 Å². The van der Waals surface area contributed by atoms with E-state index >= 15 is 0 Å². The molecule has 0 radical (unpaired) electrons. The molecule has 15 heavy (non-hydrogen) atoms. The van der Waals surface area contributed by atoms with E-state index in [2.05, 4.69) is 4.98 Å². The van der Waals surface area contributed by atoms with Crippen molar-refractivity contribution in [1.82, 2.24) is 9.55 Å². The van der Waals surface area contributed by atoms with Gasteiger partial charge in [0.25, 0.3) is 5.56 Å². The molecule has 0 amide bonds. The van der Waals surface area contributed by atoms with E-state index in [-0.39, 0.29) is 5.56 Å². The zero-order valence-electron chi connectivity index (χ0n) is 7.97. The predicted octanol–water partition coefficient (Wildman–Crippen LogP) is 1.38. The Bertz CT molecular complexity index is 578. The largest absolute Gasteiger partial charge is 0.317 e. The highest BCUT2D eigenvalue weighted by Gasteiger charge is 2.08. The summed E-state index contributed by atoms with van der Waals surface area (Å²) in [6, 6.07) is 3.59. The molecular formula is C10H7N3OS. The van der Waals surface area contributed by atoms with Crippen LogP contribution in [0.1, 0.15) is 5.56 Å². The van der Waals surface area contributed by atoms with Gasteiger partial charge in [-0.05, 0) is 6.07 Å². The maximum absolute atomic E-state index is 11.8. The SMILES string of the molecule is Cn1cc(C#N)cc(-c2nccs2)c1=O. The van der Waals surface area contributed by atoms with Crippen molar-refractivity contribution in [3.05, 3.63) is 39.8 Å². The zero-order valence-corrected chi connectivity index (χ0v) is 8.78. The minimum absolute atomic E-state index is 0.135. The average molecular weight is 217 g/mol. The van der Waals surface area contributed by atoms with Gasteiger partial charge in [-0.1, -0.05) is 0 Å². The number of nitrogens with zero attached hydrogens (tertiary/aromatic N) is 3. The van der Waals surface area contributed by atoms with Gasteiger partial charge >= 0.3 is 0 Å². The van der Waals surface area contributed by atoms with E-state index in [0.717, 1.165) is 0 Å². The minimum Gasteiger partial charge on any atom is -0.317 e. The second kappa shape index (κ2) is 3.67. The van der Waals surface area contributed by atoms with Crippen LogP contribution in [0.4, 0.5) is 0 Å². The van der Waals surface area contributed by atoms with Gasteiger partial charge in [-0.3, -0.25) is 4.79 Å². The Hall–Kier alpha value is -1.93. The maximum atomic E-state index is 11.8. The third-order valence-corrected chi connectivity index (χ3v) is 2.78. The third kappa shape index (κ3) is 1.67. The summed E-state index contributed by atoms with van der Waals surface area (Å²) in [5.41, 5.74) is 0.804. The molecule has 2 aromatic heterocycles. The standard InChI is InChI=1S/C10H7N3OS/c1-13-6-7(5-11)4-8(10(13)14)9-12-2-3-15-9/h2-4,6H,1H3. The number of aryl methyl sites for hydroxylation is 1. The summed E-state index contributed by atoms with van der Waals surface area (Å²) in [5, 5.41) is 11.2. The van der Waals surface area contributed by atoms with E-state index in [4.69, 9.17) is 5.26 Å². The van der Waals surface area contributed by atoms with Gasteiger partial charge in [-0.25, -0.2) is 4.98 Å². The van der Waals surface area contributed by atoms with Crippen LogP contribution < -0.4 is 5.56 Å². The van der Waals surface area contributed by atoms with Gasteiger partial charge in [0.2, 0.25) is 0 Å². The van der Waals surface area contributed by atoms with Crippen molar-refractivity contribution in [3.63, 3.8) is 0 Å². The second-order valence-corrected chi connectivity index (χ2v) is 3.90. The summed E-state index contributed by atoms with van der Waals surface area (Å²) in [5.74, 6) is 0. The van der Waals surface area contributed by atoms with Gasteiger partial charge in [-0.2, -0.15) is 5.26 Å². The first kappa shape index (κ1) is 9.62. The minimum atomic E-state index is -0.135. The Morgan fingerprint density at radius 1 is 1.60 bits per heavy atom. The molecule has 0 spiro atoms. The van der Waals surface area contributed by atoms with E-state index in [0.29, 0.717) is 16.1 Å². The fourth-order valence-corrected chi connectivity index (χ4v) is 1.93. The summed E-state index contributed by atoms with van der Waals surface area (Å²) in [6.07, 6.45) is 3.15. The lowest BCUT2D eigenvalue weighted by Crippen LogP contribution is -2.18. The van der Waals surface area contributed by atoms with Crippen LogP contribution in [-0.2, 0) is 7.05 Å². The molecular weight excluding hydrogens is 210 g/mol. The lowest BCUT2D eigenvalue weighted by atomic mass is 10.2. The lowest BCUT2D eigenvalue weighted by Gasteiger charge is -2.01. The molecule has 0 aliphatic rings. The van der Waals surface area contributed by atoms with E-state index in [1.54, 1.807) is 24.7 Å². The maximum Gasteiger partial charge on any atom is 0.260 e. The number of rotatable bonds is 1. The Balaban J connectivity index is 2.72. The van der Waals surface area contributed by atoms with Gasteiger partial charge in [-0.15, -0.1) is 11.3 Å². The molecule has 2 heterocycles. The number of thiazole rings is 1. The molecule has 2 rings (SSSR count). The van der Waals surface area contributed by atoms with Crippen LogP contribution in [-0.4, -0.2) is 9.55 Å². The van der Waals surface area contributed by atoms with Crippen LogP contribution in [0.3, 0.4) is 0 Å². The summed E-state index contributed by atoms with van der Waals surface area (Å²) in [4.78, 5) is 15.8. The molecule has 0 aliphatic carbocycles. The van der Waals surface area contributed by atoms with Gasteiger partial charge in [0.1, 0.15) is 11.1 Å². The van der Waals surface area contributed by atoms with Crippen molar-refractivity contribution in [2.24, 2.45) is 7.05 Å². The zero-order chi connectivity index (χ0) is 10.8. The number of aromatic nitrogens is 2. The Kier molecular flexibility index (Phi) is 2.35. The summed E-state index contributed by atoms with van der Waals surface area (Å²) >= 11 is 1.38. The summed E-state index contributed by atoms with van der Waals surface area (Å²) in [6.45, 7) is 0. The van der Waals surface area contributed by atoms with Crippen LogP contribution in [0.2, 0.25) is 0 Å². The fourth-order valence-electron chi connectivity index (χ4n) is 1.28. The van der Waals surface area contributed by atoms with Crippen molar-refractivity contribution in [2.75, 3.05) is 0 Å². The van der Waals surface area contributed by atoms with Crippen LogP contribution in [0.5, 0.6) is 0 Å². The number of hydrogen-bond donors (Lipinski definition) is 0. The molecule has 0 fully saturated rings. The summed E-state index contributed by atoms with van der Waals surface area (Å²) in [7, 11) is 1.63. The van der Waals surface area contributed by atoms with Gasteiger partial charge < -0.3 is 4.57 Å². The molecule has 0 N–H and O–H groups in total. The molecule has 0 saturated heterocycles. The van der Waals surface area contributed by atoms with Crippen molar-refractivity contribution in [2.45, 2.75) is 0 Å². The molecule has 74 valence electrons. The molecule has 0 bridgehead atoms. The van der Waals surface area contributed by atoms with Crippen LogP contribution in [0.25, 0.3) is 10.6 Å².